The molecule has 0 unspecified atom stereocenters. The number of amides is 1. The number of carbonyl (C=O) groups is 1. The van der Waals surface area contributed by atoms with E-state index < -0.39 is 24.4 Å². The molecule has 6 nitrogen and oxygen atoms in total. The lowest BCUT2D eigenvalue weighted by Crippen LogP contribution is -2.58. The van der Waals surface area contributed by atoms with Crippen molar-refractivity contribution in [2.45, 2.75) is 44.6 Å². The van der Waals surface area contributed by atoms with Crippen LogP contribution in [-0.4, -0.2) is 57.6 Å². The second-order valence-corrected chi connectivity index (χ2v) is 7.70. The first-order valence-corrected chi connectivity index (χ1v) is 10.0. The standard InChI is InChI=1S/C22H26ClNO5/c1-3-29-17-7-4-14(5-8-17)10-15-11-16(23)6-9-18(15)20-22(28)21(27)19(26)12-24(20)13(2)25/h4-9,11,19-22,26-28H,3,10,12H2,1-2H3/t19-,20+,21+,22+/m1/s1. The molecule has 1 fully saturated rings. The number of hydrogen-bond donors (Lipinski definition) is 3. The van der Waals surface area contributed by atoms with Gasteiger partial charge in [0.05, 0.1) is 12.6 Å². The number of hydrogen-bond acceptors (Lipinski definition) is 5. The van der Waals surface area contributed by atoms with Gasteiger partial charge in [0.2, 0.25) is 5.91 Å². The van der Waals surface area contributed by atoms with Crippen molar-refractivity contribution in [1.29, 1.82) is 0 Å². The number of benzene rings is 2. The minimum absolute atomic E-state index is 0.0522. The van der Waals surface area contributed by atoms with E-state index in [1.807, 2.05) is 31.2 Å². The van der Waals surface area contributed by atoms with Gasteiger partial charge in [-0.2, -0.15) is 0 Å². The maximum Gasteiger partial charge on any atom is 0.220 e. The van der Waals surface area contributed by atoms with Gasteiger partial charge in [-0.15, -0.1) is 0 Å². The molecule has 0 saturated carbocycles. The van der Waals surface area contributed by atoms with Gasteiger partial charge in [0.1, 0.15) is 24.1 Å². The molecule has 1 heterocycles. The Morgan fingerprint density at radius 3 is 2.45 bits per heavy atom. The number of ether oxygens (including phenoxy) is 1. The van der Waals surface area contributed by atoms with Gasteiger partial charge in [0.15, 0.2) is 0 Å². The molecule has 3 rings (SSSR count). The Morgan fingerprint density at radius 1 is 1.14 bits per heavy atom. The minimum Gasteiger partial charge on any atom is -0.494 e. The third kappa shape index (κ3) is 4.73. The third-order valence-electron chi connectivity index (χ3n) is 5.24. The van der Waals surface area contributed by atoms with Gasteiger partial charge in [-0.3, -0.25) is 4.79 Å². The second-order valence-electron chi connectivity index (χ2n) is 7.26. The van der Waals surface area contributed by atoms with Crippen LogP contribution in [0.15, 0.2) is 42.5 Å². The van der Waals surface area contributed by atoms with E-state index in [-0.39, 0.29) is 12.5 Å². The summed E-state index contributed by atoms with van der Waals surface area (Å²) in [5, 5.41) is 31.4. The number of aliphatic hydroxyl groups excluding tert-OH is 3. The zero-order valence-corrected chi connectivity index (χ0v) is 17.2. The molecule has 1 saturated heterocycles. The van der Waals surface area contributed by atoms with Gasteiger partial charge < -0.3 is 25.0 Å². The van der Waals surface area contributed by atoms with Crippen LogP contribution in [0.5, 0.6) is 5.75 Å². The lowest BCUT2D eigenvalue weighted by Gasteiger charge is -2.44. The average Bonchev–Trinajstić information content (AvgIpc) is 2.68. The van der Waals surface area contributed by atoms with Crippen molar-refractivity contribution in [1.82, 2.24) is 4.90 Å². The largest absolute Gasteiger partial charge is 0.494 e. The first-order valence-electron chi connectivity index (χ1n) is 9.63. The van der Waals surface area contributed by atoms with Crippen LogP contribution in [0.3, 0.4) is 0 Å². The summed E-state index contributed by atoms with van der Waals surface area (Å²) in [6.45, 7) is 3.84. The summed E-state index contributed by atoms with van der Waals surface area (Å²) in [5.41, 5.74) is 2.54. The van der Waals surface area contributed by atoms with Crippen LogP contribution in [0, 0.1) is 0 Å². The van der Waals surface area contributed by atoms with E-state index in [4.69, 9.17) is 16.3 Å². The Morgan fingerprint density at radius 2 is 1.83 bits per heavy atom. The molecule has 1 amide bonds. The molecule has 1 aliphatic heterocycles. The zero-order valence-electron chi connectivity index (χ0n) is 16.5. The van der Waals surface area contributed by atoms with Crippen molar-refractivity contribution in [3.63, 3.8) is 0 Å². The van der Waals surface area contributed by atoms with Gasteiger partial charge in [-0.1, -0.05) is 29.8 Å². The average molecular weight is 420 g/mol. The molecule has 2 aromatic rings. The molecule has 0 aromatic heterocycles. The van der Waals surface area contributed by atoms with Crippen molar-refractivity contribution in [3.8, 4) is 5.75 Å². The third-order valence-corrected chi connectivity index (χ3v) is 5.48. The monoisotopic (exact) mass is 419 g/mol. The SMILES string of the molecule is CCOc1ccc(Cc2cc(Cl)ccc2[C@H]2[C@H](O)[C@@H](O)[C@H](O)CN2C(C)=O)cc1. The summed E-state index contributed by atoms with van der Waals surface area (Å²) in [6.07, 6.45) is -3.34. The fraction of sp³-hybridized carbons (Fsp3) is 0.409. The molecule has 0 radical (unpaired) electrons. The van der Waals surface area contributed by atoms with Crippen LogP contribution in [0.2, 0.25) is 5.02 Å². The molecular formula is C22H26ClNO5. The molecule has 3 N–H and O–H groups in total. The van der Waals surface area contributed by atoms with Crippen molar-refractivity contribution >= 4 is 17.5 Å². The maximum absolute atomic E-state index is 12.2. The van der Waals surface area contributed by atoms with Crippen molar-refractivity contribution in [3.05, 3.63) is 64.2 Å². The quantitative estimate of drug-likeness (QED) is 0.692. The summed E-state index contributed by atoms with van der Waals surface area (Å²) in [6, 6.07) is 12.2. The van der Waals surface area contributed by atoms with Crippen LogP contribution < -0.4 is 4.74 Å². The Bertz CT molecular complexity index is 857. The summed E-state index contributed by atoms with van der Waals surface area (Å²) in [7, 11) is 0. The fourth-order valence-corrected chi connectivity index (χ4v) is 4.00. The van der Waals surface area contributed by atoms with Crippen LogP contribution in [-0.2, 0) is 11.2 Å². The van der Waals surface area contributed by atoms with E-state index in [2.05, 4.69) is 0 Å². The van der Waals surface area contributed by atoms with Crippen LogP contribution in [0.4, 0.5) is 0 Å². The predicted octanol–water partition coefficient (Wildman–Crippen LogP) is 2.32. The van der Waals surface area contributed by atoms with Crippen LogP contribution in [0.25, 0.3) is 0 Å². The van der Waals surface area contributed by atoms with Gasteiger partial charge in [-0.25, -0.2) is 0 Å². The Balaban J connectivity index is 1.97. The number of rotatable bonds is 5. The highest BCUT2D eigenvalue weighted by Crippen LogP contribution is 2.35. The number of nitrogens with zero attached hydrogens (tertiary/aromatic N) is 1. The van der Waals surface area contributed by atoms with E-state index in [1.54, 1.807) is 18.2 Å². The number of piperidine rings is 1. The lowest BCUT2D eigenvalue weighted by molar-refractivity contribution is -0.161. The zero-order chi connectivity index (χ0) is 21.1. The van der Waals surface area contributed by atoms with E-state index in [9.17, 15) is 20.1 Å². The lowest BCUT2D eigenvalue weighted by atomic mass is 9.85. The molecular weight excluding hydrogens is 394 g/mol. The summed E-state index contributed by atoms with van der Waals surface area (Å²) in [5.74, 6) is 0.493. The molecule has 0 spiro atoms. The maximum atomic E-state index is 12.2. The van der Waals surface area contributed by atoms with E-state index in [0.29, 0.717) is 23.6 Å². The highest BCUT2D eigenvalue weighted by Gasteiger charge is 2.43. The Labute approximate surface area is 175 Å². The van der Waals surface area contributed by atoms with E-state index in [0.717, 1.165) is 16.9 Å². The van der Waals surface area contributed by atoms with Crippen LogP contribution >= 0.6 is 11.6 Å². The molecule has 156 valence electrons. The fourth-order valence-electron chi connectivity index (χ4n) is 3.80. The second kappa shape index (κ2) is 9.13. The highest BCUT2D eigenvalue weighted by molar-refractivity contribution is 6.30. The van der Waals surface area contributed by atoms with Gasteiger partial charge in [0.25, 0.3) is 0 Å². The summed E-state index contributed by atoms with van der Waals surface area (Å²) >= 11 is 6.22. The number of carbonyl (C=O) groups excluding carboxylic acids is 1. The first-order chi connectivity index (χ1) is 13.8. The molecule has 7 heteroatoms. The Kier molecular flexibility index (Phi) is 6.80. The normalized spacial score (nSPS) is 24.4. The first kappa shape index (κ1) is 21.6. The smallest absolute Gasteiger partial charge is 0.220 e. The van der Waals surface area contributed by atoms with Crippen LogP contribution in [0.1, 0.15) is 36.6 Å². The Hall–Kier alpha value is -2.12. The molecule has 0 bridgehead atoms. The summed E-state index contributed by atoms with van der Waals surface area (Å²) < 4.78 is 5.48. The highest BCUT2D eigenvalue weighted by atomic mass is 35.5. The minimum atomic E-state index is -1.34. The molecule has 1 aliphatic rings. The van der Waals surface area contributed by atoms with E-state index >= 15 is 0 Å². The molecule has 0 aliphatic carbocycles. The molecule has 2 aromatic carbocycles. The van der Waals surface area contributed by atoms with Gasteiger partial charge in [-0.05, 0) is 54.3 Å². The number of likely N-dealkylation sites (tertiary alicyclic amines) is 1. The number of β-amino-alcohol motifs (C(OH)–C–C–N with tert-alkyl or cyclic N) is 1. The van der Waals surface area contributed by atoms with E-state index in [1.165, 1.54) is 11.8 Å². The van der Waals surface area contributed by atoms with Crippen molar-refractivity contribution < 1.29 is 24.9 Å². The van der Waals surface area contributed by atoms with Crippen molar-refractivity contribution in [2.75, 3.05) is 13.2 Å². The van der Waals surface area contributed by atoms with Gasteiger partial charge in [0, 0.05) is 18.5 Å². The number of halogens is 1. The van der Waals surface area contributed by atoms with Gasteiger partial charge >= 0.3 is 0 Å². The number of aliphatic hydroxyl groups is 3. The molecule has 4 atom stereocenters. The van der Waals surface area contributed by atoms with Crippen molar-refractivity contribution in [2.24, 2.45) is 0 Å². The predicted molar refractivity (Wildman–Crippen MR) is 110 cm³/mol. The molecule has 29 heavy (non-hydrogen) atoms. The summed E-state index contributed by atoms with van der Waals surface area (Å²) in [4.78, 5) is 13.6. The topological polar surface area (TPSA) is 90.2 Å².